The van der Waals surface area contributed by atoms with Crippen LogP contribution in [0.4, 0.5) is 5.82 Å². The third kappa shape index (κ3) is 3.95. The Bertz CT molecular complexity index is 1220. The van der Waals surface area contributed by atoms with Crippen molar-refractivity contribution in [1.82, 2.24) is 9.78 Å². The fourth-order valence-corrected chi connectivity index (χ4v) is 5.06. The molecule has 0 aliphatic carbocycles. The maximum absolute atomic E-state index is 12.9. The summed E-state index contributed by atoms with van der Waals surface area (Å²) in [6.07, 6.45) is -0.775. The summed E-state index contributed by atoms with van der Waals surface area (Å²) in [6.45, 7) is 5.60. The fraction of sp³-hybridized carbons (Fsp3) is 0.273. The summed E-state index contributed by atoms with van der Waals surface area (Å²) >= 11 is 0. The molecule has 0 fully saturated rings. The van der Waals surface area contributed by atoms with E-state index in [1.807, 2.05) is 50.2 Å². The van der Waals surface area contributed by atoms with E-state index in [1.54, 1.807) is 23.7 Å². The van der Waals surface area contributed by atoms with E-state index in [9.17, 15) is 13.2 Å². The van der Waals surface area contributed by atoms with Crippen LogP contribution >= 0.6 is 0 Å². The number of para-hydroxylation sites is 1. The van der Waals surface area contributed by atoms with Gasteiger partial charge in [-0.3, -0.25) is 4.79 Å². The molecule has 0 radical (unpaired) electrons. The van der Waals surface area contributed by atoms with Crippen molar-refractivity contribution in [3.8, 4) is 11.4 Å². The van der Waals surface area contributed by atoms with Crippen LogP contribution in [0, 0.1) is 13.8 Å². The van der Waals surface area contributed by atoms with Crippen molar-refractivity contribution in [2.75, 3.05) is 5.32 Å². The van der Waals surface area contributed by atoms with Gasteiger partial charge in [0.05, 0.1) is 22.9 Å². The molecule has 8 heteroatoms. The second-order valence-corrected chi connectivity index (χ2v) is 9.63. The third-order valence-electron chi connectivity index (χ3n) is 5.03. The van der Waals surface area contributed by atoms with Gasteiger partial charge in [0.2, 0.25) is 0 Å². The standard InChI is InChI=1S/C22H23N3O4S/c1-14-9-10-20(15(2)11-14)25-21(18-12-30(27,28)13-19(18)24-25)23-22(26)16(3)29-17-7-5-4-6-8-17/h4-11,16H,12-13H2,1-3H3,(H,23,26)/t16-/m0/s1. The van der Waals surface area contributed by atoms with Crippen molar-refractivity contribution in [2.45, 2.75) is 38.4 Å². The van der Waals surface area contributed by atoms with E-state index in [2.05, 4.69) is 10.4 Å². The van der Waals surface area contributed by atoms with E-state index in [4.69, 9.17) is 4.74 Å². The minimum absolute atomic E-state index is 0.126. The average Bonchev–Trinajstić information content (AvgIpc) is 3.15. The Kier molecular flexibility index (Phi) is 5.11. The first-order valence-corrected chi connectivity index (χ1v) is 11.5. The minimum atomic E-state index is -3.26. The first-order valence-electron chi connectivity index (χ1n) is 9.65. The van der Waals surface area contributed by atoms with Crippen LogP contribution in [-0.2, 0) is 26.1 Å². The van der Waals surface area contributed by atoms with E-state index < -0.39 is 15.9 Å². The number of carbonyl (C=O) groups excluding carboxylic acids is 1. The molecule has 0 saturated carbocycles. The second kappa shape index (κ2) is 7.60. The Balaban J connectivity index is 1.68. The lowest BCUT2D eigenvalue weighted by Crippen LogP contribution is -2.31. The van der Waals surface area contributed by atoms with Crippen LogP contribution in [-0.4, -0.2) is 30.2 Å². The molecule has 4 rings (SSSR count). The fourth-order valence-electron chi connectivity index (χ4n) is 3.56. The molecular formula is C22H23N3O4S. The number of nitrogens with one attached hydrogen (secondary N) is 1. The highest BCUT2D eigenvalue weighted by Crippen LogP contribution is 2.34. The van der Waals surface area contributed by atoms with Gasteiger partial charge in [0.1, 0.15) is 11.6 Å². The minimum Gasteiger partial charge on any atom is -0.481 e. The Labute approximate surface area is 175 Å². The number of rotatable bonds is 5. The molecule has 30 heavy (non-hydrogen) atoms. The maximum Gasteiger partial charge on any atom is 0.266 e. The molecule has 1 aliphatic heterocycles. The van der Waals surface area contributed by atoms with Crippen LogP contribution in [0.2, 0.25) is 0 Å². The summed E-state index contributed by atoms with van der Waals surface area (Å²) in [5.41, 5.74) is 3.88. The van der Waals surface area contributed by atoms with Gasteiger partial charge in [0, 0.05) is 5.56 Å². The molecule has 1 atom stereocenters. The zero-order valence-corrected chi connectivity index (χ0v) is 17.9. The predicted molar refractivity (Wildman–Crippen MR) is 115 cm³/mol. The molecule has 1 N–H and O–H groups in total. The summed E-state index contributed by atoms with van der Waals surface area (Å²) in [5, 5.41) is 7.39. The lowest BCUT2D eigenvalue weighted by atomic mass is 10.1. The smallest absolute Gasteiger partial charge is 0.266 e. The monoisotopic (exact) mass is 425 g/mol. The Morgan fingerprint density at radius 2 is 1.87 bits per heavy atom. The topological polar surface area (TPSA) is 90.3 Å². The lowest BCUT2D eigenvalue weighted by molar-refractivity contribution is -0.122. The van der Waals surface area contributed by atoms with Gasteiger partial charge in [-0.25, -0.2) is 13.1 Å². The summed E-state index contributed by atoms with van der Waals surface area (Å²) in [7, 11) is -3.26. The molecule has 7 nitrogen and oxygen atoms in total. The van der Waals surface area contributed by atoms with E-state index in [0.717, 1.165) is 16.8 Å². The highest BCUT2D eigenvalue weighted by atomic mass is 32.2. The molecule has 0 unspecified atom stereocenters. The molecule has 1 aliphatic rings. The molecule has 2 heterocycles. The molecule has 2 aromatic carbocycles. The molecule has 1 amide bonds. The van der Waals surface area contributed by atoms with Crippen LogP contribution in [0.3, 0.4) is 0 Å². The molecule has 156 valence electrons. The van der Waals surface area contributed by atoms with Gasteiger partial charge in [0.25, 0.3) is 5.91 Å². The highest BCUT2D eigenvalue weighted by molar-refractivity contribution is 7.90. The van der Waals surface area contributed by atoms with E-state index in [1.165, 1.54) is 0 Å². The first-order chi connectivity index (χ1) is 14.2. The summed E-state index contributed by atoms with van der Waals surface area (Å²) in [4.78, 5) is 12.9. The largest absolute Gasteiger partial charge is 0.481 e. The number of aryl methyl sites for hydroxylation is 2. The quantitative estimate of drug-likeness (QED) is 0.677. The summed E-state index contributed by atoms with van der Waals surface area (Å²) in [6, 6.07) is 15.0. The number of hydrogen-bond acceptors (Lipinski definition) is 5. The van der Waals surface area contributed by atoms with Crippen LogP contribution < -0.4 is 10.1 Å². The number of sulfone groups is 1. The van der Waals surface area contributed by atoms with Crippen LogP contribution in [0.15, 0.2) is 48.5 Å². The SMILES string of the molecule is Cc1ccc(-n2nc3c(c2NC(=O)[C@H](C)Oc2ccccc2)CS(=O)(=O)C3)c(C)c1. The number of amides is 1. The molecule has 0 saturated heterocycles. The number of ether oxygens (including phenoxy) is 1. The first kappa shape index (κ1) is 20.2. The molecular weight excluding hydrogens is 402 g/mol. The van der Waals surface area contributed by atoms with Gasteiger partial charge in [-0.05, 0) is 44.5 Å². The number of anilines is 1. The normalized spacial score (nSPS) is 15.4. The van der Waals surface area contributed by atoms with E-state index in [-0.39, 0.29) is 17.4 Å². The van der Waals surface area contributed by atoms with Gasteiger partial charge >= 0.3 is 0 Å². The Hall–Kier alpha value is -3.13. The van der Waals surface area contributed by atoms with Crippen LogP contribution in [0.5, 0.6) is 5.75 Å². The van der Waals surface area contributed by atoms with Crippen molar-refractivity contribution in [3.63, 3.8) is 0 Å². The number of benzene rings is 2. The third-order valence-corrected chi connectivity index (χ3v) is 6.48. The molecule has 0 bridgehead atoms. The van der Waals surface area contributed by atoms with Crippen molar-refractivity contribution >= 4 is 21.6 Å². The highest BCUT2D eigenvalue weighted by Gasteiger charge is 2.34. The van der Waals surface area contributed by atoms with Crippen LogP contribution in [0.25, 0.3) is 5.69 Å². The van der Waals surface area contributed by atoms with Gasteiger partial charge in [-0.2, -0.15) is 5.10 Å². The van der Waals surface area contributed by atoms with Gasteiger partial charge < -0.3 is 10.1 Å². The zero-order valence-electron chi connectivity index (χ0n) is 17.0. The zero-order chi connectivity index (χ0) is 21.5. The number of carbonyl (C=O) groups is 1. The van der Waals surface area contributed by atoms with Crippen molar-refractivity contribution in [3.05, 3.63) is 70.9 Å². The van der Waals surface area contributed by atoms with Gasteiger partial charge in [-0.1, -0.05) is 35.9 Å². The molecule has 3 aromatic rings. The maximum atomic E-state index is 12.9. The van der Waals surface area contributed by atoms with Crippen molar-refractivity contribution in [1.29, 1.82) is 0 Å². The van der Waals surface area contributed by atoms with E-state index >= 15 is 0 Å². The van der Waals surface area contributed by atoms with Gasteiger partial charge in [0.15, 0.2) is 15.9 Å². The number of aromatic nitrogens is 2. The molecule has 1 aromatic heterocycles. The summed E-state index contributed by atoms with van der Waals surface area (Å²) < 4.78 is 31.6. The van der Waals surface area contributed by atoms with Gasteiger partial charge in [-0.15, -0.1) is 0 Å². The Morgan fingerprint density at radius 1 is 1.13 bits per heavy atom. The lowest BCUT2D eigenvalue weighted by Gasteiger charge is -2.17. The molecule has 0 spiro atoms. The summed E-state index contributed by atoms with van der Waals surface area (Å²) in [5.74, 6) is 0.315. The number of hydrogen-bond donors (Lipinski definition) is 1. The van der Waals surface area contributed by atoms with Crippen molar-refractivity contribution < 1.29 is 17.9 Å². The predicted octanol–water partition coefficient (Wildman–Crippen LogP) is 3.32. The van der Waals surface area contributed by atoms with Crippen LogP contribution in [0.1, 0.15) is 29.3 Å². The number of fused-ring (bicyclic) bond motifs is 1. The van der Waals surface area contributed by atoms with Crippen molar-refractivity contribution in [2.24, 2.45) is 0 Å². The average molecular weight is 426 g/mol. The second-order valence-electron chi connectivity index (χ2n) is 7.57. The number of nitrogens with zero attached hydrogens (tertiary/aromatic N) is 2. The van der Waals surface area contributed by atoms with E-state index in [0.29, 0.717) is 22.8 Å². The Morgan fingerprint density at radius 3 is 2.57 bits per heavy atom.